The summed E-state index contributed by atoms with van der Waals surface area (Å²) in [6.45, 7) is 5.63. The first kappa shape index (κ1) is 15.6. The van der Waals surface area contributed by atoms with E-state index in [9.17, 15) is 8.42 Å². The first-order chi connectivity index (χ1) is 9.98. The van der Waals surface area contributed by atoms with Gasteiger partial charge in [0.05, 0.1) is 17.1 Å². The molecule has 0 unspecified atom stereocenters. The molecule has 0 aliphatic rings. The monoisotopic (exact) mass is 321 g/mol. The van der Waals surface area contributed by atoms with Gasteiger partial charge in [0.15, 0.2) is 0 Å². The van der Waals surface area contributed by atoms with Gasteiger partial charge >= 0.3 is 0 Å². The highest BCUT2D eigenvalue weighted by molar-refractivity contribution is 7.92. The van der Waals surface area contributed by atoms with E-state index in [2.05, 4.69) is 6.58 Å². The second-order valence-corrected chi connectivity index (χ2v) is 6.79. The second-order valence-electron chi connectivity index (χ2n) is 4.52. The maximum atomic E-state index is 12.8. The fourth-order valence-corrected chi connectivity index (χ4v) is 3.71. The van der Waals surface area contributed by atoms with Gasteiger partial charge in [-0.1, -0.05) is 41.9 Å². The first-order valence-electron chi connectivity index (χ1n) is 6.42. The topological polar surface area (TPSA) is 37.4 Å². The van der Waals surface area contributed by atoms with Gasteiger partial charge in [0.2, 0.25) is 0 Å². The minimum Gasteiger partial charge on any atom is -0.262 e. The van der Waals surface area contributed by atoms with E-state index in [1.807, 2.05) is 0 Å². The molecule has 0 bridgehead atoms. The van der Waals surface area contributed by atoms with Gasteiger partial charge in [-0.2, -0.15) is 0 Å². The van der Waals surface area contributed by atoms with E-state index in [0.717, 1.165) is 5.56 Å². The third-order valence-corrected chi connectivity index (χ3v) is 5.34. The van der Waals surface area contributed by atoms with Gasteiger partial charge in [-0.3, -0.25) is 4.31 Å². The standard InChI is InChI=1S/C16H16ClNO2S/c1-3-12-18(16-11-7-10-15(17)13(16)2)21(19,20)14-8-5-4-6-9-14/h3-11H,1,12H2,2H3. The fourth-order valence-electron chi connectivity index (χ4n) is 2.03. The molecule has 3 nitrogen and oxygen atoms in total. The Labute approximate surface area is 130 Å². The fraction of sp³-hybridized carbons (Fsp3) is 0.125. The lowest BCUT2D eigenvalue weighted by Gasteiger charge is -2.25. The highest BCUT2D eigenvalue weighted by Gasteiger charge is 2.25. The molecule has 0 N–H and O–H groups in total. The molecule has 0 heterocycles. The lowest BCUT2D eigenvalue weighted by atomic mass is 10.2. The SMILES string of the molecule is C=CCN(c1cccc(Cl)c1C)S(=O)(=O)c1ccccc1. The van der Waals surface area contributed by atoms with Crippen molar-refractivity contribution in [1.82, 2.24) is 0 Å². The highest BCUT2D eigenvalue weighted by atomic mass is 35.5. The Hall–Kier alpha value is -1.78. The molecule has 0 spiro atoms. The summed E-state index contributed by atoms with van der Waals surface area (Å²) in [7, 11) is -3.65. The Morgan fingerprint density at radius 3 is 2.43 bits per heavy atom. The van der Waals surface area contributed by atoms with Crippen LogP contribution in [0.5, 0.6) is 0 Å². The number of anilines is 1. The molecule has 110 valence electrons. The lowest BCUT2D eigenvalue weighted by molar-refractivity contribution is 0.592. The zero-order chi connectivity index (χ0) is 15.5. The number of benzene rings is 2. The summed E-state index contributed by atoms with van der Waals surface area (Å²) in [5.41, 5.74) is 1.28. The van der Waals surface area contributed by atoms with Crippen molar-refractivity contribution in [2.75, 3.05) is 10.8 Å². The number of hydrogen-bond acceptors (Lipinski definition) is 2. The summed E-state index contributed by atoms with van der Waals surface area (Å²) in [5.74, 6) is 0. The lowest BCUT2D eigenvalue weighted by Crippen LogP contribution is -2.31. The molecule has 0 amide bonds. The largest absolute Gasteiger partial charge is 0.264 e. The van der Waals surface area contributed by atoms with E-state index in [0.29, 0.717) is 10.7 Å². The van der Waals surface area contributed by atoms with Crippen LogP contribution < -0.4 is 4.31 Å². The summed E-state index contributed by atoms with van der Waals surface area (Å²) in [6, 6.07) is 13.5. The molecule has 0 aliphatic heterocycles. The van der Waals surface area contributed by atoms with Gasteiger partial charge in [-0.05, 0) is 36.8 Å². The van der Waals surface area contributed by atoms with Crippen LogP contribution in [-0.2, 0) is 10.0 Å². The normalized spacial score (nSPS) is 11.1. The molecule has 0 aliphatic carbocycles. The average Bonchev–Trinajstić information content (AvgIpc) is 2.49. The maximum Gasteiger partial charge on any atom is 0.264 e. The molecule has 0 saturated heterocycles. The summed E-state index contributed by atoms with van der Waals surface area (Å²) in [4.78, 5) is 0.242. The van der Waals surface area contributed by atoms with E-state index >= 15 is 0 Å². The van der Waals surface area contributed by atoms with E-state index in [-0.39, 0.29) is 11.4 Å². The predicted molar refractivity (Wildman–Crippen MR) is 87.4 cm³/mol. The summed E-state index contributed by atoms with van der Waals surface area (Å²) >= 11 is 6.11. The number of hydrogen-bond donors (Lipinski definition) is 0. The maximum absolute atomic E-state index is 12.8. The van der Waals surface area contributed by atoms with Crippen LogP contribution in [0.15, 0.2) is 66.1 Å². The van der Waals surface area contributed by atoms with Crippen molar-refractivity contribution in [3.8, 4) is 0 Å². The minimum atomic E-state index is -3.65. The summed E-state index contributed by atoms with van der Waals surface area (Å²) < 4.78 is 27.0. The summed E-state index contributed by atoms with van der Waals surface area (Å²) in [6.07, 6.45) is 1.56. The number of nitrogens with zero attached hydrogens (tertiary/aromatic N) is 1. The van der Waals surface area contributed by atoms with Crippen molar-refractivity contribution in [3.63, 3.8) is 0 Å². The van der Waals surface area contributed by atoms with Crippen molar-refractivity contribution >= 4 is 27.3 Å². The zero-order valence-corrected chi connectivity index (χ0v) is 13.2. The minimum absolute atomic E-state index is 0.179. The molecule has 2 aromatic carbocycles. The van der Waals surface area contributed by atoms with Crippen LogP contribution >= 0.6 is 11.6 Å². The van der Waals surface area contributed by atoms with Crippen molar-refractivity contribution in [2.24, 2.45) is 0 Å². The van der Waals surface area contributed by atoms with E-state index < -0.39 is 10.0 Å². The van der Waals surface area contributed by atoms with Crippen LogP contribution in [0.25, 0.3) is 0 Å². The van der Waals surface area contributed by atoms with Crippen LogP contribution in [0, 0.1) is 6.92 Å². The molecule has 0 saturated carbocycles. The molecule has 0 aromatic heterocycles. The van der Waals surface area contributed by atoms with Crippen molar-refractivity contribution in [2.45, 2.75) is 11.8 Å². The second kappa shape index (κ2) is 6.33. The van der Waals surface area contributed by atoms with Gasteiger partial charge < -0.3 is 0 Å². The zero-order valence-electron chi connectivity index (χ0n) is 11.7. The Morgan fingerprint density at radius 2 is 1.81 bits per heavy atom. The molecule has 5 heteroatoms. The predicted octanol–water partition coefficient (Wildman–Crippen LogP) is 4.03. The van der Waals surface area contributed by atoms with Crippen LogP contribution in [0.2, 0.25) is 5.02 Å². The average molecular weight is 322 g/mol. The Bertz CT molecular complexity index is 742. The van der Waals surface area contributed by atoms with Gasteiger partial charge in [-0.25, -0.2) is 8.42 Å². The quantitative estimate of drug-likeness (QED) is 0.780. The van der Waals surface area contributed by atoms with E-state index in [1.165, 1.54) is 4.31 Å². The van der Waals surface area contributed by atoms with Crippen LogP contribution in [0.1, 0.15) is 5.56 Å². The third-order valence-electron chi connectivity index (χ3n) is 3.13. The Morgan fingerprint density at radius 1 is 1.14 bits per heavy atom. The smallest absolute Gasteiger partial charge is 0.262 e. The van der Waals surface area contributed by atoms with E-state index in [4.69, 9.17) is 11.6 Å². The molecule has 21 heavy (non-hydrogen) atoms. The van der Waals surface area contributed by atoms with Crippen molar-refractivity contribution < 1.29 is 8.42 Å². The van der Waals surface area contributed by atoms with Gasteiger partial charge in [-0.15, -0.1) is 6.58 Å². The van der Waals surface area contributed by atoms with Gasteiger partial charge in [0.1, 0.15) is 0 Å². The molecule has 2 rings (SSSR count). The molecule has 0 atom stereocenters. The van der Waals surface area contributed by atoms with Crippen molar-refractivity contribution in [1.29, 1.82) is 0 Å². The van der Waals surface area contributed by atoms with Crippen LogP contribution in [0.4, 0.5) is 5.69 Å². The van der Waals surface area contributed by atoms with Gasteiger partial charge in [0.25, 0.3) is 10.0 Å². The Balaban J connectivity index is 2.59. The molecule has 2 aromatic rings. The third kappa shape index (κ3) is 3.12. The van der Waals surface area contributed by atoms with Crippen LogP contribution in [0.3, 0.4) is 0 Å². The molecule has 0 radical (unpaired) electrons. The molecular weight excluding hydrogens is 306 g/mol. The van der Waals surface area contributed by atoms with Crippen LogP contribution in [-0.4, -0.2) is 15.0 Å². The number of sulfonamides is 1. The van der Waals surface area contributed by atoms with Gasteiger partial charge in [0, 0.05) is 5.02 Å². The highest BCUT2D eigenvalue weighted by Crippen LogP contribution is 2.30. The molecule has 0 fully saturated rings. The van der Waals surface area contributed by atoms with Crippen molar-refractivity contribution in [3.05, 3.63) is 71.8 Å². The first-order valence-corrected chi connectivity index (χ1v) is 8.24. The molecular formula is C16H16ClNO2S. The van der Waals surface area contributed by atoms with E-state index in [1.54, 1.807) is 61.5 Å². The summed E-state index contributed by atoms with van der Waals surface area (Å²) in [5, 5.41) is 0.532. The Kier molecular flexibility index (Phi) is 4.70. The number of rotatable bonds is 5. The number of halogens is 1.